The monoisotopic (exact) mass is 191 g/mol. The molecular formula is C12H17NO. The molecular weight excluding hydrogens is 174 g/mol. The van der Waals surface area contributed by atoms with Crippen molar-refractivity contribution >= 4 is 5.71 Å². The molecule has 0 fully saturated rings. The lowest BCUT2D eigenvalue weighted by Gasteiger charge is -2.19. The topological polar surface area (TPSA) is 32.6 Å². The summed E-state index contributed by atoms with van der Waals surface area (Å²) in [5, 5.41) is 12.3. The van der Waals surface area contributed by atoms with Crippen molar-refractivity contribution in [3.05, 3.63) is 35.4 Å². The van der Waals surface area contributed by atoms with Crippen molar-refractivity contribution in [1.29, 1.82) is 0 Å². The fourth-order valence-electron chi connectivity index (χ4n) is 1.35. The molecule has 0 unspecified atom stereocenters. The fraction of sp³-hybridized carbons (Fsp3) is 0.417. The second kappa shape index (κ2) is 3.82. The van der Waals surface area contributed by atoms with E-state index in [4.69, 9.17) is 5.21 Å². The molecule has 0 saturated heterocycles. The molecule has 1 aromatic rings. The van der Waals surface area contributed by atoms with Crippen molar-refractivity contribution in [3.8, 4) is 0 Å². The summed E-state index contributed by atoms with van der Waals surface area (Å²) in [6.07, 6.45) is 0. The van der Waals surface area contributed by atoms with Gasteiger partial charge in [-0.1, -0.05) is 55.8 Å². The van der Waals surface area contributed by atoms with E-state index >= 15 is 0 Å². The first kappa shape index (κ1) is 10.8. The molecule has 1 rings (SSSR count). The molecule has 0 bridgehead atoms. The maximum absolute atomic E-state index is 8.97. The highest BCUT2D eigenvalue weighted by Crippen LogP contribution is 2.21. The predicted molar refractivity (Wildman–Crippen MR) is 59.0 cm³/mol. The molecule has 2 nitrogen and oxygen atoms in total. The highest BCUT2D eigenvalue weighted by molar-refractivity contribution is 6.03. The van der Waals surface area contributed by atoms with Crippen LogP contribution in [0.5, 0.6) is 0 Å². The van der Waals surface area contributed by atoms with E-state index in [0.29, 0.717) is 0 Å². The fourth-order valence-corrected chi connectivity index (χ4v) is 1.35. The van der Waals surface area contributed by atoms with Gasteiger partial charge in [-0.05, 0) is 12.5 Å². The molecule has 1 aromatic carbocycles. The molecule has 76 valence electrons. The summed E-state index contributed by atoms with van der Waals surface area (Å²) in [7, 11) is 0. The highest BCUT2D eigenvalue weighted by Gasteiger charge is 2.21. The Morgan fingerprint density at radius 2 is 1.64 bits per heavy atom. The van der Waals surface area contributed by atoms with Crippen LogP contribution in [0.2, 0.25) is 0 Å². The number of rotatable bonds is 1. The van der Waals surface area contributed by atoms with Crippen LogP contribution in [0.15, 0.2) is 29.4 Å². The zero-order chi connectivity index (χ0) is 10.8. The number of benzene rings is 1. The average molecular weight is 191 g/mol. The minimum atomic E-state index is -0.135. The molecule has 0 aliphatic heterocycles. The molecule has 0 radical (unpaired) electrons. The van der Waals surface area contributed by atoms with E-state index in [9.17, 15) is 0 Å². The van der Waals surface area contributed by atoms with Gasteiger partial charge >= 0.3 is 0 Å². The molecule has 0 aliphatic rings. The highest BCUT2D eigenvalue weighted by atomic mass is 16.4. The average Bonchev–Trinajstić information content (AvgIpc) is 2.07. The molecule has 0 aromatic heterocycles. The Balaban J connectivity index is 3.10. The second-order valence-corrected chi connectivity index (χ2v) is 4.56. The van der Waals surface area contributed by atoms with Crippen molar-refractivity contribution in [1.82, 2.24) is 0 Å². The van der Waals surface area contributed by atoms with E-state index in [1.165, 1.54) is 5.56 Å². The summed E-state index contributed by atoms with van der Waals surface area (Å²) < 4.78 is 0. The SMILES string of the molecule is Cc1ccc(/C(=N\O)C(C)(C)C)cc1. The summed E-state index contributed by atoms with van der Waals surface area (Å²) in [6.45, 7) is 8.13. The summed E-state index contributed by atoms with van der Waals surface area (Å²) >= 11 is 0. The maximum Gasteiger partial charge on any atom is 0.0921 e. The van der Waals surface area contributed by atoms with Gasteiger partial charge in [0.05, 0.1) is 5.71 Å². The summed E-state index contributed by atoms with van der Waals surface area (Å²) in [6, 6.07) is 8.00. The predicted octanol–water partition coefficient (Wildman–Crippen LogP) is 3.22. The van der Waals surface area contributed by atoms with E-state index in [0.717, 1.165) is 11.3 Å². The van der Waals surface area contributed by atoms with Gasteiger partial charge in [0.2, 0.25) is 0 Å². The zero-order valence-electron chi connectivity index (χ0n) is 9.20. The number of oxime groups is 1. The van der Waals surface area contributed by atoms with Gasteiger partial charge in [0, 0.05) is 5.41 Å². The molecule has 0 saturated carbocycles. The first-order valence-electron chi connectivity index (χ1n) is 4.74. The minimum absolute atomic E-state index is 0.135. The quantitative estimate of drug-likeness (QED) is 0.412. The molecule has 0 amide bonds. The molecule has 0 atom stereocenters. The third-order valence-electron chi connectivity index (χ3n) is 2.14. The van der Waals surface area contributed by atoms with Gasteiger partial charge in [0.1, 0.15) is 0 Å². The van der Waals surface area contributed by atoms with Crippen LogP contribution in [0, 0.1) is 12.3 Å². The summed E-state index contributed by atoms with van der Waals surface area (Å²) in [5.74, 6) is 0. The lowest BCUT2D eigenvalue weighted by Crippen LogP contribution is -2.21. The van der Waals surface area contributed by atoms with E-state index in [1.54, 1.807) is 0 Å². The standard InChI is InChI=1S/C12H17NO/c1-9-5-7-10(8-6-9)11(13-14)12(2,3)4/h5-8,14H,1-4H3/b13-11+. The van der Waals surface area contributed by atoms with Crippen molar-refractivity contribution in [2.24, 2.45) is 10.6 Å². The molecule has 14 heavy (non-hydrogen) atoms. The zero-order valence-corrected chi connectivity index (χ0v) is 9.20. The largest absolute Gasteiger partial charge is 0.411 e. The Kier molecular flexibility index (Phi) is 2.94. The summed E-state index contributed by atoms with van der Waals surface area (Å²) in [5.41, 5.74) is 2.77. The van der Waals surface area contributed by atoms with Gasteiger partial charge in [-0.2, -0.15) is 0 Å². The lowest BCUT2D eigenvalue weighted by molar-refractivity contribution is 0.311. The number of hydrogen-bond acceptors (Lipinski definition) is 2. The first-order chi connectivity index (χ1) is 6.45. The van der Waals surface area contributed by atoms with Crippen LogP contribution in [0.25, 0.3) is 0 Å². The van der Waals surface area contributed by atoms with Gasteiger partial charge in [0.25, 0.3) is 0 Å². The van der Waals surface area contributed by atoms with Crippen molar-refractivity contribution < 1.29 is 5.21 Å². The molecule has 1 N–H and O–H groups in total. The van der Waals surface area contributed by atoms with Gasteiger partial charge < -0.3 is 5.21 Å². The van der Waals surface area contributed by atoms with Crippen LogP contribution >= 0.6 is 0 Å². The van der Waals surface area contributed by atoms with Crippen molar-refractivity contribution in [3.63, 3.8) is 0 Å². The van der Waals surface area contributed by atoms with Gasteiger partial charge in [0.15, 0.2) is 0 Å². The van der Waals surface area contributed by atoms with Crippen LogP contribution in [0.1, 0.15) is 31.9 Å². The third kappa shape index (κ3) is 2.34. The van der Waals surface area contributed by atoms with Crippen LogP contribution in [0.3, 0.4) is 0 Å². The van der Waals surface area contributed by atoms with Crippen LogP contribution in [0.4, 0.5) is 0 Å². The Hall–Kier alpha value is -1.31. The van der Waals surface area contributed by atoms with Crippen LogP contribution < -0.4 is 0 Å². The van der Waals surface area contributed by atoms with E-state index in [1.807, 2.05) is 52.0 Å². The van der Waals surface area contributed by atoms with Crippen LogP contribution in [-0.4, -0.2) is 10.9 Å². The Bertz CT molecular complexity index is 330. The van der Waals surface area contributed by atoms with Gasteiger partial charge in [-0.3, -0.25) is 0 Å². The number of aryl methyl sites for hydroxylation is 1. The summed E-state index contributed by atoms with van der Waals surface area (Å²) in [4.78, 5) is 0. The molecule has 0 heterocycles. The number of nitrogens with zero attached hydrogens (tertiary/aromatic N) is 1. The molecule has 0 spiro atoms. The molecule has 2 heteroatoms. The normalized spacial score (nSPS) is 13.0. The number of hydrogen-bond donors (Lipinski definition) is 1. The van der Waals surface area contributed by atoms with Crippen molar-refractivity contribution in [2.45, 2.75) is 27.7 Å². The van der Waals surface area contributed by atoms with Gasteiger partial charge in [-0.15, -0.1) is 0 Å². The van der Waals surface area contributed by atoms with E-state index in [-0.39, 0.29) is 5.41 Å². The van der Waals surface area contributed by atoms with Crippen LogP contribution in [-0.2, 0) is 0 Å². The third-order valence-corrected chi connectivity index (χ3v) is 2.14. The van der Waals surface area contributed by atoms with E-state index < -0.39 is 0 Å². The first-order valence-corrected chi connectivity index (χ1v) is 4.74. The Labute approximate surface area is 85.3 Å². The second-order valence-electron chi connectivity index (χ2n) is 4.56. The lowest BCUT2D eigenvalue weighted by atomic mass is 9.85. The Morgan fingerprint density at radius 1 is 1.14 bits per heavy atom. The van der Waals surface area contributed by atoms with Gasteiger partial charge in [-0.25, -0.2) is 0 Å². The molecule has 0 aliphatic carbocycles. The smallest absolute Gasteiger partial charge is 0.0921 e. The minimum Gasteiger partial charge on any atom is -0.411 e. The maximum atomic E-state index is 8.97. The van der Waals surface area contributed by atoms with Crippen molar-refractivity contribution in [2.75, 3.05) is 0 Å². The van der Waals surface area contributed by atoms with E-state index in [2.05, 4.69) is 5.16 Å². The Morgan fingerprint density at radius 3 is 2.00 bits per heavy atom.